The number of methoxy groups -OCH3 is 2. The number of alkyl halides is 3. The molecule has 0 N–H and O–H groups in total. The molecule has 1 fully saturated rings. The van der Waals surface area contributed by atoms with Crippen LogP contribution in [0.15, 0.2) is 36.4 Å². The molecule has 45 heavy (non-hydrogen) atoms. The highest BCUT2D eigenvalue weighted by Gasteiger charge is 2.37. The van der Waals surface area contributed by atoms with Crippen molar-refractivity contribution in [1.29, 1.82) is 0 Å². The molecule has 2 aromatic heterocycles. The molecule has 4 heterocycles. The van der Waals surface area contributed by atoms with Crippen molar-refractivity contribution in [2.45, 2.75) is 51.4 Å². The summed E-state index contributed by atoms with van der Waals surface area (Å²) in [6.07, 6.45) is -3.71. The van der Waals surface area contributed by atoms with Crippen LogP contribution in [0.4, 0.5) is 17.6 Å². The van der Waals surface area contributed by atoms with Crippen LogP contribution in [0, 0.1) is 5.82 Å². The second-order valence-corrected chi connectivity index (χ2v) is 11.3. The first kappa shape index (κ1) is 31.1. The largest absolute Gasteiger partial charge is 0.496 e. The van der Waals surface area contributed by atoms with Crippen LogP contribution in [0.5, 0.6) is 11.6 Å². The highest BCUT2D eigenvalue weighted by molar-refractivity contribution is 6.30. The molecule has 0 unspecified atom stereocenters. The van der Waals surface area contributed by atoms with Crippen molar-refractivity contribution in [2.24, 2.45) is 0 Å². The lowest BCUT2D eigenvalue weighted by Gasteiger charge is -2.30. The van der Waals surface area contributed by atoms with E-state index < -0.39 is 29.4 Å². The number of nitrogens with zero attached hydrogens (tertiary/aromatic N) is 4. The Morgan fingerprint density at radius 1 is 1.16 bits per heavy atom. The third-order valence-corrected chi connectivity index (χ3v) is 8.26. The highest BCUT2D eigenvalue weighted by Crippen LogP contribution is 2.38. The van der Waals surface area contributed by atoms with Crippen LogP contribution in [-0.4, -0.2) is 58.9 Å². The van der Waals surface area contributed by atoms with Crippen LogP contribution in [0.25, 0.3) is 11.0 Å². The fourth-order valence-electron chi connectivity index (χ4n) is 5.58. The molecule has 9 nitrogen and oxygen atoms in total. The molecule has 14 heteroatoms. The van der Waals surface area contributed by atoms with Gasteiger partial charge in [0.15, 0.2) is 5.82 Å². The zero-order valence-electron chi connectivity index (χ0n) is 24.4. The van der Waals surface area contributed by atoms with Gasteiger partial charge in [0.25, 0.3) is 0 Å². The minimum Gasteiger partial charge on any atom is -0.496 e. The lowest BCUT2D eigenvalue weighted by atomic mass is 10.0. The van der Waals surface area contributed by atoms with Gasteiger partial charge in [-0.1, -0.05) is 17.7 Å². The third kappa shape index (κ3) is 6.29. The molecule has 4 aromatic rings. The van der Waals surface area contributed by atoms with E-state index in [4.69, 9.17) is 30.5 Å². The Morgan fingerprint density at radius 3 is 2.64 bits per heavy atom. The van der Waals surface area contributed by atoms with Crippen molar-refractivity contribution in [1.82, 2.24) is 19.4 Å². The van der Waals surface area contributed by atoms with Gasteiger partial charge >= 0.3 is 12.1 Å². The van der Waals surface area contributed by atoms with Gasteiger partial charge in [-0.05, 0) is 48.7 Å². The van der Waals surface area contributed by atoms with Gasteiger partial charge in [0.1, 0.15) is 29.3 Å². The average molecular weight is 649 g/mol. The molecular formula is C31H29ClF4N4O5. The number of esters is 1. The molecule has 1 saturated heterocycles. The number of rotatable bonds is 9. The minimum absolute atomic E-state index is 0.133. The fraction of sp³-hybridized carbons (Fsp3) is 0.387. The maximum Gasteiger partial charge on any atom is 0.421 e. The summed E-state index contributed by atoms with van der Waals surface area (Å²) in [5, 5.41) is 0.416. The molecule has 0 saturated carbocycles. The highest BCUT2D eigenvalue weighted by atomic mass is 35.5. The molecule has 6 rings (SSSR count). The Morgan fingerprint density at radius 2 is 1.96 bits per heavy atom. The van der Waals surface area contributed by atoms with Gasteiger partial charge in [0.05, 0.1) is 50.2 Å². The van der Waals surface area contributed by atoms with Gasteiger partial charge in [-0.2, -0.15) is 13.2 Å². The van der Waals surface area contributed by atoms with Crippen molar-refractivity contribution in [3.05, 3.63) is 81.0 Å². The summed E-state index contributed by atoms with van der Waals surface area (Å²) >= 11 is 6.01. The molecule has 2 aliphatic heterocycles. The first-order valence-corrected chi connectivity index (χ1v) is 14.6. The van der Waals surface area contributed by atoms with E-state index in [0.29, 0.717) is 65.1 Å². The van der Waals surface area contributed by atoms with Gasteiger partial charge in [0, 0.05) is 30.3 Å². The summed E-state index contributed by atoms with van der Waals surface area (Å²) in [4.78, 5) is 23.2. The Kier molecular flexibility index (Phi) is 8.59. The molecule has 238 valence electrons. The molecule has 2 aliphatic rings. The van der Waals surface area contributed by atoms with Gasteiger partial charge in [-0.15, -0.1) is 0 Å². The van der Waals surface area contributed by atoms with Crippen molar-refractivity contribution in [2.75, 3.05) is 27.4 Å². The number of imidazole rings is 1. The van der Waals surface area contributed by atoms with Crippen molar-refractivity contribution < 1.29 is 41.3 Å². The third-order valence-electron chi connectivity index (χ3n) is 8.02. The van der Waals surface area contributed by atoms with Crippen LogP contribution < -0.4 is 9.47 Å². The van der Waals surface area contributed by atoms with Crippen molar-refractivity contribution in [3.63, 3.8) is 0 Å². The topological polar surface area (TPSA) is 87.9 Å². The van der Waals surface area contributed by atoms with Crippen molar-refractivity contribution in [3.8, 4) is 11.6 Å². The lowest BCUT2D eigenvalue weighted by molar-refractivity contribution is -0.139. The van der Waals surface area contributed by atoms with E-state index in [0.717, 1.165) is 12.5 Å². The van der Waals surface area contributed by atoms with E-state index in [2.05, 4.69) is 9.97 Å². The van der Waals surface area contributed by atoms with Crippen LogP contribution in [-0.2, 0) is 48.3 Å². The van der Waals surface area contributed by atoms with Crippen LogP contribution >= 0.6 is 11.6 Å². The summed E-state index contributed by atoms with van der Waals surface area (Å²) in [6.45, 7) is 1.61. The normalized spacial score (nSPS) is 16.7. The predicted molar refractivity (Wildman–Crippen MR) is 155 cm³/mol. The molecular weight excluding hydrogens is 620 g/mol. The number of benzene rings is 2. The summed E-state index contributed by atoms with van der Waals surface area (Å²) in [5.41, 5.74) is 0.800. The van der Waals surface area contributed by atoms with E-state index in [1.54, 1.807) is 28.8 Å². The smallest absolute Gasteiger partial charge is 0.421 e. The molecule has 0 bridgehead atoms. The Hall–Kier alpha value is -3.94. The maximum absolute atomic E-state index is 15.6. The molecule has 2 aromatic carbocycles. The summed E-state index contributed by atoms with van der Waals surface area (Å²) in [5.74, 6) is -1.16. The first-order valence-electron chi connectivity index (χ1n) is 14.2. The average Bonchev–Trinajstić information content (AvgIpc) is 3.34. The van der Waals surface area contributed by atoms with Gasteiger partial charge < -0.3 is 23.5 Å². The zero-order chi connectivity index (χ0) is 31.9. The second-order valence-electron chi connectivity index (χ2n) is 10.9. The summed E-state index contributed by atoms with van der Waals surface area (Å²) in [6, 6.07) is 8.77. The molecule has 0 amide bonds. The van der Waals surface area contributed by atoms with E-state index in [-0.39, 0.29) is 36.9 Å². The molecule has 0 aliphatic carbocycles. The second kappa shape index (κ2) is 12.5. The number of ether oxygens (including phenoxy) is 4. The Balaban J connectivity index is 1.29. The molecule has 0 radical (unpaired) electrons. The van der Waals surface area contributed by atoms with Gasteiger partial charge in [-0.25, -0.2) is 19.2 Å². The number of aromatic nitrogens is 3. The summed E-state index contributed by atoms with van der Waals surface area (Å²) in [7, 11) is 2.61. The van der Waals surface area contributed by atoms with E-state index in [1.165, 1.54) is 20.3 Å². The van der Waals surface area contributed by atoms with Crippen molar-refractivity contribution >= 4 is 28.6 Å². The first-order chi connectivity index (χ1) is 21.5. The fourth-order valence-corrected chi connectivity index (χ4v) is 5.74. The lowest BCUT2D eigenvalue weighted by Crippen LogP contribution is -2.35. The SMILES string of the molecule is COC(=O)c1ccc2nc(CN3CCc4cc(C(F)(F)F)c(OCc5ccc(Cl)cc5OC)nc4C3)n(C[C@@H]3CCO3)c2c1F. The Labute approximate surface area is 260 Å². The standard InChI is InChI=1S/C31H29ClF4N4O5/c1-42-25-12-19(32)4-3-18(25)16-45-29-22(31(34,35)36)11-17-7-9-39(14-24(17)38-29)15-26-37-23-6-5-21(30(41)43-2)27(33)28(23)40(26)13-20-8-10-44-20/h3-6,11-12,20H,7-10,13-16H2,1-2H3/t20-/m0/s1. The Bertz CT molecular complexity index is 1760. The monoisotopic (exact) mass is 648 g/mol. The van der Waals surface area contributed by atoms with Crippen LogP contribution in [0.1, 0.15) is 45.0 Å². The van der Waals surface area contributed by atoms with E-state index >= 15 is 4.39 Å². The number of hydrogen-bond donors (Lipinski definition) is 0. The number of halogens is 5. The predicted octanol–water partition coefficient (Wildman–Crippen LogP) is 5.96. The summed E-state index contributed by atoms with van der Waals surface area (Å²) < 4.78 is 80.8. The molecule has 0 spiro atoms. The quantitative estimate of drug-likeness (QED) is 0.162. The maximum atomic E-state index is 15.6. The van der Waals surface area contributed by atoms with Crippen LogP contribution in [0.3, 0.4) is 0 Å². The number of carbonyl (C=O) groups excluding carboxylic acids is 1. The van der Waals surface area contributed by atoms with Gasteiger partial charge in [0.2, 0.25) is 5.88 Å². The van der Waals surface area contributed by atoms with Crippen LogP contribution in [0.2, 0.25) is 5.02 Å². The van der Waals surface area contributed by atoms with E-state index in [9.17, 15) is 18.0 Å². The zero-order valence-corrected chi connectivity index (χ0v) is 25.2. The minimum atomic E-state index is -4.68. The number of pyridine rings is 1. The van der Waals surface area contributed by atoms with E-state index in [1.807, 2.05) is 4.90 Å². The number of fused-ring (bicyclic) bond motifs is 2. The number of hydrogen-bond acceptors (Lipinski definition) is 8. The molecule has 1 atom stereocenters. The number of carbonyl (C=O) groups is 1. The van der Waals surface area contributed by atoms with Gasteiger partial charge in [-0.3, -0.25) is 4.90 Å².